The molecule has 0 saturated heterocycles. The maximum Gasteiger partial charge on any atom is 0.315 e. The van der Waals surface area contributed by atoms with Gasteiger partial charge in [-0.3, -0.25) is 28.8 Å². The second-order valence-corrected chi connectivity index (χ2v) is 7.67. The molecule has 180 valence electrons. The van der Waals surface area contributed by atoms with Crippen molar-refractivity contribution in [3.8, 4) is 0 Å². The van der Waals surface area contributed by atoms with Crippen LogP contribution in [0.15, 0.2) is 35.9 Å². The van der Waals surface area contributed by atoms with E-state index in [0.29, 0.717) is 0 Å². The number of benzene rings is 1. The molecule has 1 aliphatic carbocycles. The summed E-state index contributed by atoms with van der Waals surface area (Å²) in [4.78, 5) is 70.2. The van der Waals surface area contributed by atoms with Crippen LogP contribution in [-0.4, -0.2) is 66.5 Å². The zero-order chi connectivity index (χ0) is 25.8. The molecule has 0 bridgehead atoms. The van der Waals surface area contributed by atoms with Crippen molar-refractivity contribution in [3.63, 3.8) is 0 Å². The van der Waals surface area contributed by atoms with Gasteiger partial charge in [0.05, 0.1) is 31.6 Å². The Bertz CT molecular complexity index is 1140. The molecule has 12 nitrogen and oxygen atoms in total. The average Bonchev–Trinajstić information content (AvgIpc) is 2.68. The molecule has 0 amide bonds. The Morgan fingerprint density at radius 3 is 1.82 bits per heavy atom. The maximum atomic E-state index is 12.5. The normalized spacial score (nSPS) is 19.5. The molecule has 2 rings (SSSR count). The largest absolute Gasteiger partial charge is 0.481 e. The van der Waals surface area contributed by atoms with Gasteiger partial charge in [0.25, 0.3) is 0 Å². The lowest BCUT2D eigenvalue weighted by molar-refractivity contribution is -0.160. The lowest BCUT2D eigenvalue weighted by Crippen LogP contribution is -2.46. The van der Waals surface area contributed by atoms with E-state index in [0.717, 1.165) is 18.2 Å². The second kappa shape index (κ2) is 9.98. The van der Waals surface area contributed by atoms with Crippen molar-refractivity contribution < 1.29 is 59.4 Å². The van der Waals surface area contributed by atoms with Gasteiger partial charge in [0, 0.05) is 0 Å². The van der Waals surface area contributed by atoms with Gasteiger partial charge in [0.2, 0.25) is 0 Å². The van der Waals surface area contributed by atoms with Crippen LogP contribution in [0.1, 0.15) is 29.5 Å². The number of carbonyl (C=O) groups is 6. The Morgan fingerprint density at radius 2 is 1.35 bits per heavy atom. The molecule has 6 N–H and O–H groups in total. The summed E-state index contributed by atoms with van der Waals surface area (Å²) < 4.78 is 0. The van der Waals surface area contributed by atoms with Gasteiger partial charge >= 0.3 is 35.8 Å². The van der Waals surface area contributed by atoms with Gasteiger partial charge in [-0.15, -0.1) is 0 Å². The first-order chi connectivity index (χ1) is 15.8. The number of aliphatic carboxylic acids is 6. The Labute approximate surface area is 191 Å². The van der Waals surface area contributed by atoms with Gasteiger partial charge in [-0.1, -0.05) is 30.4 Å². The van der Waals surface area contributed by atoms with E-state index in [1.807, 2.05) is 0 Å². The highest BCUT2D eigenvalue weighted by Gasteiger charge is 2.55. The Kier molecular flexibility index (Phi) is 7.57. The fraction of sp³-hybridized carbons (Fsp3) is 0.273. The predicted octanol–water partition coefficient (Wildman–Crippen LogP) is 0.985. The minimum absolute atomic E-state index is 0.0374. The fourth-order valence-electron chi connectivity index (χ4n) is 4.01. The SMILES string of the molecule is O=C(O)CC1=CC(C(=O)O)C(CC(=O)O)(C(=O)O)C(c2cc(CC(=O)O)ccc2CC(=O)O)=C1. The molecule has 1 aliphatic rings. The highest BCUT2D eigenvalue weighted by Crippen LogP contribution is 2.50. The molecule has 0 saturated carbocycles. The van der Waals surface area contributed by atoms with Crippen LogP contribution >= 0.6 is 0 Å². The van der Waals surface area contributed by atoms with E-state index < -0.39 is 78.4 Å². The summed E-state index contributed by atoms with van der Waals surface area (Å²) in [6.07, 6.45) is -1.30. The minimum atomic E-state index is -2.64. The quantitative estimate of drug-likeness (QED) is 0.263. The highest BCUT2D eigenvalue weighted by molar-refractivity contribution is 6.03. The third-order valence-electron chi connectivity index (χ3n) is 5.32. The summed E-state index contributed by atoms with van der Waals surface area (Å²) in [6.45, 7) is 0. The van der Waals surface area contributed by atoms with Gasteiger partial charge in [0.1, 0.15) is 5.41 Å². The van der Waals surface area contributed by atoms with E-state index in [2.05, 4.69) is 0 Å². The van der Waals surface area contributed by atoms with Crippen LogP contribution in [0.25, 0.3) is 5.57 Å². The Balaban J connectivity index is 2.97. The molecule has 2 unspecified atom stereocenters. The maximum absolute atomic E-state index is 12.5. The van der Waals surface area contributed by atoms with Crippen LogP contribution < -0.4 is 0 Å². The van der Waals surface area contributed by atoms with Crippen molar-refractivity contribution >= 4 is 41.4 Å². The lowest BCUT2D eigenvalue weighted by Gasteiger charge is -2.38. The molecular formula is C22H20O12. The summed E-state index contributed by atoms with van der Waals surface area (Å²) in [5, 5.41) is 57.0. The van der Waals surface area contributed by atoms with E-state index in [1.165, 1.54) is 12.1 Å². The standard InChI is InChI=1S/C22H20O12/c23-16(24)6-10-1-2-12(8-18(27)28)13(3-10)14-4-11(7-17(25)26)5-15(20(31)32)22(14,21(33)34)9-19(29)30/h1-5,15H,6-9H2,(H,23,24)(H,25,26)(H,27,28)(H,29,30)(H,31,32)(H,33,34). The van der Waals surface area contributed by atoms with Crippen molar-refractivity contribution in [1.82, 2.24) is 0 Å². The summed E-state index contributed by atoms with van der Waals surface area (Å²) in [5.74, 6) is -11.3. The van der Waals surface area contributed by atoms with Crippen molar-refractivity contribution in [1.29, 1.82) is 0 Å². The molecular weight excluding hydrogens is 456 g/mol. The summed E-state index contributed by atoms with van der Waals surface area (Å²) in [6, 6.07) is 3.67. The monoisotopic (exact) mass is 476 g/mol. The van der Waals surface area contributed by atoms with Gasteiger partial charge in [-0.05, 0) is 27.8 Å². The van der Waals surface area contributed by atoms with E-state index in [-0.39, 0.29) is 22.3 Å². The Morgan fingerprint density at radius 1 is 0.765 bits per heavy atom. The van der Waals surface area contributed by atoms with E-state index >= 15 is 0 Å². The summed E-state index contributed by atoms with van der Waals surface area (Å²) >= 11 is 0. The number of hydrogen-bond donors (Lipinski definition) is 6. The topological polar surface area (TPSA) is 224 Å². The second-order valence-electron chi connectivity index (χ2n) is 7.67. The number of carboxylic acids is 6. The fourth-order valence-corrected chi connectivity index (χ4v) is 4.01. The number of hydrogen-bond acceptors (Lipinski definition) is 6. The third kappa shape index (κ3) is 5.46. The first-order valence-corrected chi connectivity index (χ1v) is 9.66. The van der Waals surface area contributed by atoms with Crippen LogP contribution in [0, 0.1) is 11.3 Å². The zero-order valence-electron chi connectivity index (χ0n) is 17.4. The minimum Gasteiger partial charge on any atom is -0.481 e. The molecule has 1 aromatic rings. The van der Waals surface area contributed by atoms with Crippen molar-refractivity contribution in [3.05, 3.63) is 52.6 Å². The predicted molar refractivity (Wildman–Crippen MR) is 111 cm³/mol. The van der Waals surface area contributed by atoms with Crippen molar-refractivity contribution in [2.24, 2.45) is 11.3 Å². The van der Waals surface area contributed by atoms with Crippen LogP contribution in [0.4, 0.5) is 0 Å². The lowest BCUT2D eigenvalue weighted by atomic mass is 9.61. The molecule has 12 heteroatoms. The molecule has 1 aromatic carbocycles. The number of rotatable bonds is 11. The van der Waals surface area contributed by atoms with Crippen LogP contribution in [0.5, 0.6) is 0 Å². The van der Waals surface area contributed by atoms with E-state index in [1.54, 1.807) is 0 Å². The summed E-state index contributed by atoms with van der Waals surface area (Å²) in [5.41, 5.74) is -3.33. The van der Waals surface area contributed by atoms with Crippen molar-refractivity contribution in [2.45, 2.75) is 25.7 Å². The first-order valence-electron chi connectivity index (χ1n) is 9.66. The number of carboxylic acid groups (broad SMARTS) is 6. The highest BCUT2D eigenvalue weighted by atomic mass is 16.4. The third-order valence-corrected chi connectivity index (χ3v) is 5.32. The first kappa shape index (κ1) is 25.8. The summed E-state index contributed by atoms with van der Waals surface area (Å²) in [7, 11) is 0. The van der Waals surface area contributed by atoms with Crippen LogP contribution in [0.3, 0.4) is 0 Å². The molecule has 34 heavy (non-hydrogen) atoms. The molecule has 2 atom stereocenters. The molecule has 0 heterocycles. The van der Waals surface area contributed by atoms with Gasteiger partial charge in [-0.2, -0.15) is 0 Å². The molecule has 0 aliphatic heterocycles. The Hall–Kier alpha value is -4.48. The average molecular weight is 476 g/mol. The van der Waals surface area contributed by atoms with Crippen LogP contribution in [0.2, 0.25) is 0 Å². The van der Waals surface area contributed by atoms with Gasteiger partial charge in [-0.25, -0.2) is 0 Å². The number of allylic oxidation sites excluding steroid dienone is 1. The van der Waals surface area contributed by atoms with Gasteiger partial charge in [0.15, 0.2) is 0 Å². The molecule has 0 spiro atoms. The van der Waals surface area contributed by atoms with E-state index in [4.69, 9.17) is 5.11 Å². The zero-order valence-corrected chi connectivity index (χ0v) is 17.4. The molecule has 0 radical (unpaired) electrons. The van der Waals surface area contributed by atoms with Crippen LogP contribution in [-0.2, 0) is 41.6 Å². The van der Waals surface area contributed by atoms with Gasteiger partial charge < -0.3 is 30.6 Å². The van der Waals surface area contributed by atoms with E-state index in [9.17, 15) is 54.3 Å². The van der Waals surface area contributed by atoms with Crippen molar-refractivity contribution in [2.75, 3.05) is 0 Å². The smallest absolute Gasteiger partial charge is 0.315 e. The molecule has 0 fully saturated rings. The molecule has 0 aromatic heterocycles.